The predicted molar refractivity (Wildman–Crippen MR) is 80.9 cm³/mol. The zero-order chi connectivity index (χ0) is 15.5. The summed E-state index contributed by atoms with van der Waals surface area (Å²) < 4.78 is 37.1. The summed E-state index contributed by atoms with van der Waals surface area (Å²) in [7, 11) is 0. The van der Waals surface area contributed by atoms with Crippen molar-refractivity contribution in [1.82, 2.24) is 4.90 Å². The summed E-state index contributed by atoms with van der Waals surface area (Å²) in [5, 5.41) is 0. The fourth-order valence-electron chi connectivity index (χ4n) is 2.12. The standard InChI is InChI=1S/C15H19F3N2O.ClH/c16-15(17,18)7-8-20(10-12-1-2-12)14(21)13-5-3-11(9-19)4-6-13;/h3-6,12H,1-2,7-10,19H2;1H. The third-order valence-corrected chi connectivity index (χ3v) is 3.56. The van der Waals surface area contributed by atoms with Crippen LogP contribution in [0.4, 0.5) is 13.2 Å². The van der Waals surface area contributed by atoms with E-state index in [1.807, 2.05) is 0 Å². The number of rotatable bonds is 6. The normalized spacial score (nSPS) is 14.4. The van der Waals surface area contributed by atoms with E-state index in [1.54, 1.807) is 24.3 Å². The Balaban J connectivity index is 0.00000242. The van der Waals surface area contributed by atoms with Gasteiger partial charge in [0.05, 0.1) is 6.42 Å². The largest absolute Gasteiger partial charge is 0.390 e. The van der Waals surface area contributed by atoms with Crippen molar-refractivity contribution in [2.75, 3.05) is 13.1 Å². The van der Waals surface area contributed by atoms with Crippen LogP contribution in [-0.4, -0.2) is 30.1 Å². The van der Waals surface area contributed by atoms with Crippen LogP contribution >= 0.6 is 12.4 Å². The molecule has 0 aromatic heterocycles. The number of carbonyl (C=O) groups excluding carboxylic acids is 1. The van der Waals surface area contributed by atoms with Crippen LogP contribution in [0.15, 0.2) is 24.3 Å². The number of benzene rings is 1. The van der Waals surface area contributed by atoms with E-state index in [4.69, 9.17) is 5.73 Å². The molecule has 2 rings (SSSR count). The van der Waals surface area contributed by atoms with E-state index >= 15 is 0 Å². The molecular weight excluding hydrogens is 317 g/mol. The van der Waals surface area contributed by atoms with Gasteiger partial charge in [0.1, 0.15) is 0 Å². The number of hydrogen-bond donors (Lipinski definition) is 1. The van der Waals surface area contributed by atoms with Crippen molar-refractivity contribution in [2.24, 2.45) is 11.7 Å². The zero-order valence-electron chi connectivity index (χ0n) is 12.1. The van der Waals surface area contributed by atoms with Crippen LogP contribution in [0.3, 0.4) is 0 Å². The third-order valence-electron chi connectivity index (χ3n) is 3.56. The molecule has 1 saturated carbocycles. The molecule has 1 aromatic rings. The monoisotopic (exact) mass is 336 g/mol. The number of carbonyl (C=O) groups is 1. The highest BCUT2D eigenvalue weighted by Crippen LogP contribution is 2.31. The molecule has 1 amide bonds. The van der Waals surface area contributed by atoms with Gasteiger partial charge in [-0.2, -0.15) is 13.2 Å². The average molecular weight is 337 g/mol. The lowest BCUT2D eigenvalue weighted by molar-refractivity contribution is -0.136. The van der Waals surface area contributed by atoms with Gasteiger partial charge in [0.2, 0.25) is 0 Å². The molecule has 22 heavy (non-hydrogen) atoms. The molecule has 1 aliphatic carbocycles. The Bertz CT molecular complexity index is 487. The van der Waals surface area contributed by atoms with Gasteiger partial charge >= 0.3 is 6.18 Å². The van der Waals surface area contributed by atoms with Gasteiger partial charge in [-0.1, -0.05) is 12.1 Å². The molecule has 0 bridgehead atoms. The molecule has 0 unspecified atom stereocenters. The van der Waals surface area contributed by atoms with Crippen molar-refractivity contribution in [3.63, 3.8) is 0 Å². The quantitative estimate of drug-likeness (QED) is 0.865. The molecule has 0 atom stereocenters. The van der Waals surface area contributed by atoms with Crippen LogP contribution in [0.25, 0.3) is 0 Å². The first-order valence-electron chi connectivity index (χ1n) is 7.04. The summed E-state index contributed by atoms with van der Waals surface area (Å²) in [6.45, 7) is 0.499. The Morgan fingerprint density at radius 1 is 1.23 bits per heavy atom. The molecule has 1 aromatic carbocycles. The van der Waals surface area contributed by atoms with Gasteiger partial charge in [-0.05, 0) is 36.5 Å². The lowest BCUT2D eigenvalue weighted by Gasteiger charge is -2.23. The highest BCUT2D eigenvalue weighted by Gasteiger charge is 2.32. The summed E-state index contributed by atoms with van der Waals surface area (Å²) in [6.07, 6.45) is -3.23. The van der Waals surface area contributed by atoms with Gasteiger partial charge < -0.3 is 10.6 Å². The summed E-state index contributed by atoms with van der Waals surface area (Å²) in [5.74, 6) is 0.0141. The fraction of sp³-hybridized carbons (Fsp3) is 0.533. The van der Waals surface area contributed by atoms with Crippen molar-refractivity contribution < 1.29 is 18.0 Å². The molecule has 1 fully saturated rings. The summed E-state index contributed by atoms with van der Waals surface area (Å²) in [5.41, 5.74) is 6.78. The van der Waals surface area contributed by atoms with Crippen molar-refractivity contribution >= 4 is 18.3 Å². The Hall–Kier alpha value is -1.27. The highest BCUT2D eigenvalue weighted by atomic mass is 35.5. The number of alkyl halides is 3. The van der Waals surface area contributed by atoms with Crippen LogP contribution in [0.5, 0.6) is 0 Å². The van der Waals surface area contributed by atoms with Gasteiger partial charge in [-0.3, -0.25) is 4.79 Å². The van der Waals surface area contributed by atoms with Gasteiger partial charge in [0, 0.05) is 25.2 Å². The number of hydrogen-bond acceptors (Lipinski definition) is 2. The van der Waals surface area contributed by atoms with Crippen molar-refractivity contribution in [3.05, 3.63) is 35.4 Å². The zero-order valence-corrected chi connectivity index (χ0v) is 12.9. The first-order valence-corrected chi connectivity index (χ1v) is 7.04. The van der Waals surface area contributed by atoms with Crippen LogP contribution in [0, 0.1) is 5.92 Å². The van der Waals surface area contributed by atoms with Crippen molar-refractivity contribution in [3.8, 4) is 0 Å². The molecule has 2 N–H and O–H groups in total. The average Bonchev–Trinajstić information content (AvgIpc) is 3.26. The molecule has 0 heterocycles. The van der Waals surface area contributed by atoms with E-state index in [0.717, 1.165) is 18.4 Å². The molecule has 0 saturated heterocycles. The van der Waals surface area contributed by atoms with Crippen LogP contribution in [0.2, 0.25) is 0 Å². The SMILES string of the molecule is Cl.NCc1ccc(C(=O)N(CCC(F)(F)F)CC2CC2)cc1. The van der Waals surface area contributed by atoms with E-state index in [2.05, 4.69) is 0 Å². The van der Waals surface area contributed by atoms with Crippen LogP contribution in [-0.2, 0) is 6.54 Å². The van der Waals surface area contributed by atoms with E-state index < -0.39 is 12.6 Å². The lowest BCUT2D eigenvalue weighted by atomic mass is 10.1. The third kappa shape index (κ3) is 5.85. The summed E-state index contributed by atoms with van der Waals surface area (Å²) >= 11 is 0. The summed E-state index contributed by atoms with van der Waals surface area (Å²) in [4.78, 5) is 13.7. The second-order valence-electron chi connectivity index (χ2n) is 5.46. The Morgan fingerprint density at radius 2 is 1.82 bits per heavy atom. The molecule has 3 nitrogen and oxygen atoms in total. The maximum Gasteiger partial charge on any atom is 0.390 e. The highest BCUT2D eigenvalue weighted by molar-refractivity contribution is 5.94. The second-order valence-corrected chi connectivity index (χ2v) is 5.46. The minimum Gasteiger partial charge on any atom is -0.338 e. The Morgan fingerprint density at radius 3 is 2.27 bits per heavy atom. The fourth-order valence-corrected chi connectivity index (χ4v) is 2.12. The minimum absolute atomic E-state index is 0. The smallest absolute Gasteiger partial charge is 0.338 e. The number of nitrogens with two attached hydrogens (primary N) is 1. The molecule has 0 spiro atoms. The van der Waals surface area contributed by atoms with Gasteiger partial charge in [-0.25, -0.2) is 0 Å². The van der Waals surface area contributed by atoms with E-state index in [1.165, 1.54) is 4.90 Å². The Labute approximate surface area is 134 Å². The number of nitrogens with zero attached hydrogens (tertiary/aromatic N) is 1. The van der Waals surface area contributed by atoms with Crippen molar-refractivity contribution in [1.29, 1.82) is 0 Å². The second kappa shape index (κ2) is 7.83. The minimum atomic E-state index is -4.24. The molecule has 124 valence electrons. The maximum atomic E-state index is 12.4. The lowest BCUT2D eigenvalue weighted by Crippen LogP contribution is -2.35. The summed E-state index contributed by atoms with van der Waals surface area (Å²) in [6, 6.07) is 6.70. The van der Waals surface area contributed by atoms with Crippen LogP contribution < -0.4 is 5.73 Å². The van der Waals surface area contributed by atoms with E-state index in [-0.39, 0.29) is 24.9 Å². The van der Waals surface area contributed by atoms with E-state index in [9.17, 15) is 18.0 Å². The molecule has 0 aliphatic heterocycles. The van der Waals surface area contributed by atoms with Crippen molar-refractivity contribution in [2.45, 2.75) is 32.0 Å². The van der Waals surface area contributed by atoms with Gasteiger partial charge in [-0.15, -0.1) is 12.4 Å². The van der Waals surface area contributed by atoms with Crippen LogP contribution in [0.1, 0.15) is 35.2 Å². The topological polar surface area (TPSA) is 46.3 Å². The Kier molecular flexibility index (Phi) is 6.68. The first kappa shape index (κ1) is 18.8. The number of halogens is 4. The molecule has 7 heteroatoms. The molecule has 0 radical (unpaired) electrons. The maximum absolute atomic E-state index is 12.4. The molecule has 1 aliphatic rings. The number of amides is 1. The first-order chi connectivity index (χ1) is 9.89. The molecular formula is C15H20ClF3N2O. The van der Waals surface area contributed by atoms with Gasteiger partial charge in [0.15, 0.2) is 0 Å². The van der Waals surface area contributed by atoms with Gasteiger partial charge in [0.25, 0.3) is 5.91 Å². The predicted octanol–water partition coefficient (Wildman–Crippen LogP) is 3.37. The van der Waals surface area contributed by atoms with E-state index in [0.29, 0.717) is 24.6 Å².